The molecule has 0 saturated carbocycles. The van der Waals surface area contributed by atoms with Gasteiger partial charge in [-0.2, -0.15) is 0 Å². The fraction of sp³-hybridized carbons (Fsp3) is 0.826. The van der Waals surface area contributed by atoms with E-state index in [1.54, 1.807) is 24.3 Å². The maximum atomic E-state index is 12.4. The number of carbonyl (C=O) groups is 2. The van der Waals surface area contributed by atoms with Gasteiger partial charge in [-0.1, -0.05) is 187 Å². The van der Waals surface area contributed by atoms with Gasteiger partial charge >= 0.3 is 12.2 Å². The van der Waals surface area contributed by atoms with E-state index in [4.69, 9.17) is 9.47 Å². The van der Waals surface area contributed by atoms with Crippen LogP contribution in [-0.4, -0.2) is 75.5 Å². The Kier molecular flexibility index (Phi) is 34.6. The van der Waals surface area contributed by atoms with Gasteiger partial charge in [-0.05, 0) is 58.2 Å². The minimum absolute atomic E-state index is 0.332. The first kappa shape index (κ1) is 49.7. The zero-order valence-electron chi connectivity index (χ0n) is 35.9. The molecule has 0 saturated heterocycles. The van der Waals surface area contributed by atoms with E-state index in [9.17, 15) is 9.59 Å². The Balaban J connectivity index is 2.01. The number of likely N-dealkylation sites (N-methyl/N-ethyl adjacent to an activating group) is 2. The molecule has 2 amide bonds. The van der Waals surface area contributed by atoms with Crippen LogP contribution in [0.1, 0.15) is 194 Å². The van der Waals surface area contributed by atoms with Crippen LogP contribution in [-0.2, 0) is 9.47 Å². The van der Waals surface area contributed by atoms with E-state index in [0.29, 0.717) is 37.7 Å². The van der Waals surface area contributed by atoms with Crippen molar-refractivity contribution in [2.24, 2.45) is 0 Å². The first-order chi connectivity index (χ1) is 26.4. The van der Waals surface area contributed by atoms with Crippen molar-refractivity contribution in [3.05, 3.63) is 24.3 Å². The normalized spacial score (nSPS) is 11.4. The molecule has 0 atom stereocenters. The van der Waals surface area contributed by atoms with Crippen molar-refractivity contribution in [2.45, 2.75) is 194 Å². The molecule has 0 radical (unpaired) electrons. The van der Waals surface area contributed by atoms with Gasteiger partial charge in [0.2, 0.25) is 0 Å². The lowest BCUT2D eigenvalue weighted by atomic mass is 10.0. The van der Waals surface area contributed by atoms with Gasteiger partial charge in [0.1, 0.15) is 13.2 Å². The first-order valence-corrected chi connectivity index (χ1v) is 22.8. The Bertz CT molecular complexity index is 920. The molecule has 314 valence electrons. The third-order valence-electron chi connectivity index (χ3n) is 10.6. The van der Waals surface area contributed by atoms with Gasteiger partial charge in [0.25, 0.3) is 0 Å². The highest BCUT2D eigenvalue weighted by molar-refractivity contribution is 5.88. The predicted molar refractivity (Wildman–Crippen MR) is 232 cm³/mol. The molecule has 0 aliphatic rings. The van der Waals surface area contributed by atoms with Crippen LogP contribution in [0.3, 0.4) is 0 Å². The van der Waals surface area contributed by atoms with Gasteiger partial charge in [-0.25, -0.2) is 9.59 Å². The van der Waals surface area contributed by atoms with Crippen molar-refractivity contribution < 1.29 is 19.1 Å². The maximum absolute atomic E-state index is 12.4. The van der Waals surface area contributed by atoms with Gasteiger partial charge in [0.15, 0.2) is 0 Å². The van der Waals surface area contributed by atoms with E-state index >= 15 is 0 Å². The minimum atomic E-state index is -0.499. The number of ether oxygens (including phenoxy) is 2. The highest BCUT2D eigenvalue weighted by Gasteiger charge is 2.09. The summed E-state index contributed by atoms with van der Waals surface area (Å²) in [5.41, 5.74) is 1.11. The van der Waals surface area contributed by atoms with Crippen LogP contribution < -0.4 is 10.6 Å². The monoisotopic (exact) mass is 759 g/mol. The van der Waals surface area contributed by atoms with Gasteiger partial charge in [-0.3, -0.25) is 10.6 Å². The summed E-state index contributed by atoms with van der Waals surface area (Å²) in [6, 6.07) is 7.02. The zero-order valence-corrected chi connectivity index (χ0v) is 35.9. The molecule has 1 aromatic carbocycles. The Hall–Kier alpha value is -2.32. The van der Waals surface area contributed by atoms with Crippen molar-refractivity contribution in [1.29, 1.82) is 0 Å². The Labute approximate surface area is 333 Å². The molecule has 1 aromatic rings. The fourth-order valence-corrected chi connectivity index (χ4v) is 6.95. The van der Waals surface area contributed by atoms with E-state index < -0.39 is 12.2 Å². The Morgan fingerprint density at radius 2 is 0.722 bits per heavy atom. The number of rotatable bonds is 38. The number of nitrogens with zero attached hydrogens (tertiary/aromatic N) is 2. The molecule has 0 unspecified atom stereocenters. The van der Waals surface area contributed by atoms with Crippen LogP contribution in [0.25, 0.3) is 0 Å². The average molecular weight is 759 g/mol. The van der Waals surface area contributed by atoms with E-state index in [0.717, 1.165) is 13.1 Å². The van der Waals surface area contributed by atoms with E-state index in [2.05, 4.69) is 48.4 Å². The summed E-state index contributed by atoms with van der Waals surface area (Å²) in [7, 11) is 4.16. The van der Waals surface area contributed by atoms with Gasteiger partial charge in [0.05, 0.1) is 0 Å². The number of nitrogens with one attached hydrogen (secondary N) is 2. The lowest BCUT2D eigenvalue weighted by molar-refractivity contribution is 0.145. The summed E-state index contributed by atoms with van der Waals surface area (Å²) in [6.45, 7) is 8.66. The zero-order chi connectivity index (χ0) is 39.2. The number of anilines is 2. The van der Waals surface area contributed by atoms with E-state index in [1.807, 2.05) is 0 Å². The first-order valence-electron chi connectivity index (χ1n) is 22.8. The van der Waals surface area contributed by atoms with Crippen LogP contribution in [0.5, 0.6) is 0 Å². The quantitative estimate of drug-likeness (QED) is 0.0654. The molecule has 0 heterocycles. The van der Waals surface area contributed by atoms with E-state index in [-0.39, 0.29) is 0 Å². The number of carbonyl (C=O) groups excluding carboxylic acids is 2. The Morgan fingerprint density at radius 1 is 0.444 bits per heavy atom. The summed E-state index contributed by atoms with van der Waals surface area (Å²) in [4.78, 5) is 29.2. The summed E-state index contributed by atoms with van der Waals surface area (Å²) in [5, 5.41) is 5.52. The second-order valence-electron chi connectivity index (χ2n) is 15.9. The molecule has 0 aliphatic heterocycles. The molecule has 54 heavy (non-hydrogen) atoms. The van der Waals surface area contributed by atoms with Crippen molar-refractivity contribution in [1.82, 2.24) is 9.80 Å². The predicted octanol–water partition coefficient (Wildman–Crippen LogP) is 13.6. The smallest absolute Gasteiger partial charge is 0.411 e. The third kappa shape index (κ3) is 33.1. The second-order valence-corrected chi connectivity index (χ2v) is 15.9. The van der Waals surface area contributed by atoms with Crippen molar-refractivity contribution in [2.75, 3.05) is 64.1 Å². The molecule has 0 aliphatic carbocycles. The van der Waals surface area contributed by atoms with Crippen LogP contribution in [0.15, 0.2) is 24.3 Å². The van der Waals surface area contributed by atoms with Crippen LogP contribution >= 0.6 is 0 Å². The number of hydrogen-bond donors (Lipinski definition) is 2. The van der Waals surface area contributed by atoms with Gasteiger partial charge < -0.3 is 19.3 Å². The van der Waals surface area contributed by atoms with Crippen LogP contribution in [0, 0.1) is 0 Å². The summed E-state index contributed by atoms with van der Waals surface area (Å²) >= 11 is 0. The standard InChI is InChI=1S/C46H86N4O4/c1-5-7-9-11-13-15-17-19-21-23-25-27-29-31-36-49(3)38-40-53-45(51)47-43-34-33-35-44(42-43)48-46(52)54-41-39-50(4)37-32-30-28-26-24-22-20-18-16-14-12-10-8-6-2/h33-35,42H,5-32,36-41H2,1-4H3,(H,47,51)(H,48,52). The highest BCUT2D eigenvalue weighted by Crippen LogP contribution is 2.17. The summed E-state index contributed by atoms with van der Waals surface area (Å²) < 4.78 is 10.8. The lowest BCUT2D eigenvalue weighted by Crippen LogP contribution is -2.27. The second kappa shape index (κ2) is 37.6. The van der Waals surface area contributed by atoms with Gasteiger partial charge in [0, 0.05) is 24.5 Å². The summed E-state index contributed by atoms with van der Waals surface area (Å²) in [5.74, 6) is 0. The molecule has 0 fully saturated rings. The molecular formula is C46H86N4O4. The number of benzene rings is 1. The van der Waals surface area contributed by atoms with Gasteiger partial charge in [-0.15, -0.1) is 0 Å². The minimum Gasteiger partial charge on any atom is -0.448 e. The van der Waals surface area contributed by atoms with Crippen LogP contribution in [0.4, 0.5) is 21.0 Å². The van der Waals surface area contributed by atoms with Crippen LogP contribution in [0.2, 0.25) is 0 Å². The van der Waals surface area contributed by atoms with Crippen molar-refractivity contribution in [3.63, 3.8) is 0 Å². The summed E-state index contributed by atoms with van der Waals surface area (Å²) in [6.07, 6.45) is 37.2. The van der Waals surface area contributed by atoms with Crippen molar-refractivity contribution in [3.8, 4) is 0 Å². The molecule has 2 N–H and O–H groups in total. The molecule has 0 spiro atoms. The molecule has 0 bridgehead atoms. The number of amides is 2. The fourth-order valence-electron chi connectivity index (χ4n) is 6.95. The molecular weight excluding hydrogens is 673 g/mol. The lowest BCUT2D eigenvalue weighted by Gasteiger charge is -2.17. The topological polar surface area (TPSA) is 83.1 Å². The highest BCUT2D eigenvalue weighted by atomic mass is 16.6. The van der Waals surface area contributed by atoms with Crippen molar-refractivity contribution >= 4 is 23.6 Å². The largest absolute Gasteiger partial charge is 0.448 e. The molecule has 8 nitrogen and oxygen atoms in total. The molecule has 8 heteroatoms. The molecule has 1 rings (SSSR count). The maximum Gasteiger partial charge on any atom is 0.411 e. The van der Waals surface area contributed by atoms with E-state index in [1.165, 1.54) is 180 Å². The number of hydrogen-bond acceptors (Lipinski definition) is 6. The third-order valence-corrected chi connectivity index (χ3v) is 10.6. The SMILES string of the molecule is CCCCCCCCCCCCCCCCN(C)CCOC(=O)Nc1cccc(NC(=O)OCCN(C)CCCCCCCCCCCCCCCC)c1. The number of unbranched alkanes of at least 4 members (excludes halogenated alkanes) is 26. The molecule has 0 aromatic heterocycles. The average Bonchev–Trinajstić information content (AvgIpc) is 3.15. The Morgan fingerprint density at radius 3 is 1.02 bits per heavy atom.